The summed E-state index contributed by atoms with van der Waals surface area (Å²) in [5.41, 5.74) is 0.303. The van der Waals surface area contributed by atoms with Crippen LogP contribution in [0.1, 0.15) is 16.8 Å². The van der Waals surface area contributed by atoms with Crippen LogP contribution < -0.4 is 5.32 Å². The third-order valence-corrected chi connectivity index (χ3v) is 2.06. The molecule has 0 aliphatic heterocycles. The Kier molecular flexibility index (Phi) is 4.85. The molecule has 16 heavy (non-hydrogen) atoms. The van der Waals surface area contributed by atoms with Crippen LogP contribution in [0.2, 0.25) is 0 Å². The SMILES string of the molecule is CN(C)CCCNC(=O)c1ccnc(F)c1. The molecule has 1 rings (SSSR count). The summed E-state index contributed by atoms with van der Waals surface area (Å²) in [6, 6.07) is 2.62. The van der Waals surface area contributed by atoms with E-state index in [1.807, 2.05) is 19.0 Å². The highest BCUT2D eigenvalue weighted by Crippen LogP contribution is 1.99. The standard InChI is InChI=1S/C11H16FN3O/c1-15(2)7-3-5-14-11(16)9-4-6-13-10(12)8-9/h4,6,8H,3,5,7H2,1-2H3,(H,14,16). The van der Waals surface area contributed by atoms with Gasteiger partial charge in [-0.1, -0.05) is 0 Å². The van der Waals surface area contributed by atoms with Crippen molar-refractivity contribution in [2.45, 2.75) is 6.42 Å². The lowest BCUT2D eigenvalue weighted by Crippen LogP contribution is -2.27. The van der Waals surface area contributed by atoms with Gasteiger partial charge in [0.25, 0.3) is 5.91 Å². The number of amides is 1. The first-order valence-electron chi connectivity index (χ1n) is 5.14. The summed E-state index contributed by atoms with van der Waals surface area (Å²) in [4.78, 5) is 17.0. The monoisotopic (exact) mass is 225 g/mol. The summed E-state index contributed by atoms with van der Waals surface area (Å²) >= 11 is 0. The lowest BCUT2D eigenvalue weighted by atomic mass is 10.2. The fraction of sp³-hybridized carbons (Fsp3) is 0.455. The summed E-state index contributed by atoms with van der Waals surface area (Å²) in [7, 11) is 3.94. The first kappa shape index (κ1) is 12.6. The lowest BCUT2D eigenvalue weighted by molar-refractivity contribution is 0.0951. The number of halogens is 1. The zero-order valence-corrected chi connectivity index (χ0v) is 9.53. The van der Waals surface area contributed by atoms with E-state index in [4.69, 9.17) is 0 Å². The van der Waals surface area contributed by atoms with Gasteiger partial charge in [0.15, 0.2) is 0 Å². The lowest BCUT2D eigenvalue weighted by Gasteiger charge is -2.09. The highest BCUT2D eigenvalue weighted by atomic mass is 19.1. The maximum absolute atomic E-state index is 12.7. The number of hydrogen-bond acceptors (Lipinski definition) is 3. The third kappa shape index (κ3) is 4.35. The molecule has 0 spiro atoms. The molecule has 1 aromatic rings. The van der Waals surface area contributed by atoms with Gasteiger partial charge in [-0.3, -0.25) is 4.79 Å². The number of aromatic nitrogens is 1. The molecular weight excluding hydrogens is 209 g/mol. The number of carbonyl (C=O) groups is 1. The van der Waals surface area contributed by atoms with Gasteiger partial charge in [-0.25, -0.2) is 4.98 Å². The zero-order chi connectivity index (χ0) is 12.0. The number of nitrogens with zero attached hydrogens (tertiary/aromatic N) is 2. The number of rotatable bonds is 5. The van der Waals surface area contributed by atoms with Crippen LogP contribution in [-0.4, -0.2) is 43.0 Å². The maximum atomic E-state index is 12.7. The van der Waals surface area contributed by atoms with Crippen LogP contribution in [0.4, 0.5) is 4.39 Å². The van der Waals surface area contributed by atoms with Crippen molar-refractivity contribution in [2.75, 3.05) is 27.2 Å². The molecule has 0 atom stereocenters. The molecule has 1 amide bonds. The van der Waals surface area contributed by atoms with Crippen LogP contribution in [0.15, 0.2) is 18.3 Å². The second-order valence-corrected chi connectivity index (χ2v) is 3.78. The van der Waals surface area contributed by atoms with Crippen LogP contribution in [-0.2, 0) is 0 Å². The molecule has 0 fully saturated rings. The molecule has 4 nitrogen and oxygen atoms in total. The number of pyridine rings is 1. The second kappa shape index (κ2) is 6.17. The van der Waals surface area contributed by atoms with Crippen LogP contribution in [0, 0.1) is 5.95 Å². The summed E-state index contributed by atoms with van der Waals surface area (Å²) in [6.07, 6.45) is 2.15. The molecule has 0 aliphatic carbocycles. The van der Waals surface area contributed by atoms with Crippen molar-refractivity contribution in [1.29, 1.82) is 0 Å². The van der Waals surface area contributed by atoms with E-state index in [0.29, 0.717) is 12.1 Å². The predicted octanol–water partition coefficient (Wildman–Crippen LogP) is 0.902. The van der Waals surface area contributed by atoms with Crippen LogP contribution >= 0.6 is 0 Å². The van der Waals surface area contributed by atoms with Crippen molar-refractivity contribution in [2.24, 2.45) is 0 Å². The first-order valence-corrected chi connectivity index (χ1v) is 5.14. The van der Waals surface area contributed by atoms with Crippen molar-refractivity contribution in [1.82, 2.24) is 15.2 Å². The van der Waals surface area contributed by atoms with Crippen molar-refractivity contribution in [3.63, 3.8) is 0 Å². The Labute approximate surface area is 94.5 Å². The second-order valence-electron chi connectivity index (χ2n) is 3.78. The molecule has 1 aromatic heterocycles. The van der Waals surface area contributed by atoms with Gasteiger partial charge in [0, 0.05) is 24.4 Å². The smallest absolute Gasteiger partial charge is 0.251 e. The number of nitrogens with one attached hydrogen (secondary N) is 1. The Bertz CT molecular complexity index is 355. The molecule has 88 valence electrons. The fourth-order valence-electron chi connectivity index (χ4n) is 1.24. The van der Waals surface area contributed by atoms with E-state index in [1.165, 1.54) is 12.3 Å². The molecule has 0 saturated heterocycles. The first-order chi connectivity index (χ1) is 7.59. The fourth-order valence-corrected chi connectivity index (χ4v) is 1.24. The minimum atomic E-state index is -0.638. The molecule has 0 bridgehead atoms. The summed E-state index contributed by atoms with van der Waals surface area (Å²) < 4.78 is 12.7. The van der Waals surface area contributed by atoms with E-state index < -0.39 is 5.95 Å². The normalized spacial score (nSPS) is 10.5. The Hall–Kier alpha value is -1.49. The summed E-state index contributed by atoms with van der Waals surface area (Å²) in [6.45, 7) is 1.49. The van der Waals surface area contributed by atoms with E-state index in [1.54, 1.807) is 0 Å². The minimum absolute atomic E-state index is 0.264. The van der Waals surface area contributed by atoms with E-state index >= 15 is 0 Å². The Morgan fingerprint density at radius 1 is 1.56 bits per heavy atom. The third-order valence-electron chi connectivity index (χ3n) is 2.06. The Morgan fingerprint density at radius 2 is 2.31 bits per heavy atom. The van der Waals surface area contributed by atoms with Gasteiger partial charge in [0.2, 0.25) is 5.95 Å². The Morgan fingerprint density at radius 3 is 2.94 bits per heavy atom. The van der Waals surface area contributed by atoms with E-state index in [2.05, 4.69) is 10.3 Å². The minimum Gasteiger partial charge on any atom is -0.352 e. The van der Waals surface area contributed by atoms with Crippen molar-refractivity contribution in [3.8, 4) is 0 Å². The molecular formula is C11H16FN3O. The maximum Gasteiger partial charge on any atom is 0.251 e. The predicted molar refractivity (Wildman–Crippen MR) is 59.7 cm³/mol. The van der Waals surface area contributed by atoms with Crippen LogP contribution in [0.5, 0.6) is 0 Å². The molecule has 1 N–H and O–H groups in total. The molecule has 1 heterocycles. The van der Waals surface area contributed by atoms with Crippen LogP contribution in [0.3, 0.4) is 0 Å². The summed E-state index contributed by atoms with van der Waals surface area (Å²) in [5.74, 6) is -0.902. The average molecular weight is 225 g/mol. The average Bonchev–Trinajstić information content (AvgIpc) is 2.24. The molecule has 0 aromatic carbocycles. The van der Waals surface area contributed by atoms with Crippen molar-refractivity contribution < 1.29 is 9.18 Å². The van der Waals surface area contributed by atoms with Gasteiger partial charge < -0.3 is 10.2 Å². The van der Waals surface area contributed by atoms with Crippen molar-refractivity contribution in [3.05, 3.63) is 29.8 Å². The molecule has 0 saturated carbocycles. The molecule has 0 radical (unpaired) electrons. The summed E-state index contributed by atoms with van der Waals surface area (Å²) in [5, 5.41) is 2.72. The van der Waals surface area contributed by atoms with Gasteiger partial charge in [0.05, 0.1) is 0 Å². The zero-order valence-electron chi connectivity index (χ0n) is 9.53. The Balaban J connectivity index is 2.35. The molecule has 0 unspecified atom stereocenters. The van der Waals surface area contributed by atoms with Gasteiger partial charge in [-0.15, -0.1) is 0 Å². The van der Waals surface area contributed by atoms with Gasteiger partial charge in [-0.2, -0.15) is 4.39 Å². The van der Waals surface area contributed by atoms with E-state index in [-0.39, 0.29) is 5.91 Å². The highest BCUT2D eigenvalue weighted by Gasteiger charge is 2.05. The van der Waals surface area contributed by atoms with Gasteiger partial charge in [-0.05, 0) is 33.1 Å². The van der Waals surface area contributed by atoms with E-state index in [0.717, 1.165) is 19.0 Å². The van der Waals surface area contributed by atoms with Crippen molar-refractivity contribution >= 4 is 5.91 Å². The largest absolute Gasteiger partial charge is 0.352 e. The van der Waals surface area contributed by atoms with Gasteiger partial charge in [0.1, 0.15) is 0 Å². The highest BCUT2D eigenvalue weighted by molar-refractivity contribution is 5.93. The molecule has 5 heteroatoms. The van der Waals surface area contributed by atoms with Crippen LogP contribution in [0.25, 0.3) is 0 Å². The quantitative estimate of drug-likeness (QED) is 0.598. The van der Waals surface area contributed by atoms with E-state index in [9.17, 15) is 9.18 Å². The molecule has 0 aliphatic rings. The van der Waals surface area contributed by atoms with Gasteiger partial charge >= 0.3 is 0 Å². The number of hydrogen-bond donors (Lipinski definition) is 1. The topological polar surface area (TPSA) is 45.2 Å². The number of carbonyl (C=O) groups excluding carboxylic acids is 1.